The molecule has 0 aromatic carbocycles. The summed E-state index contributed by atoms with van der Waals surface area (Å²) in [6.07, 6.45) is 5.57. The lowest BCUT2D eigenvalue weighted by atomic mass is 9.84. The lowest BCUT2D eigenvalue weighted by Gasteiger charge is -2.44. The molecule has 2 aromatic heterocycles. The molecular weight excluding hydrogens is 254 g/mol. The Bertz CT molecular complexity index is 643. The first-order chi connectivity index (χ1) is 9.79. The molecule has 3 aliphatic heterocycles. The number of rotatable bonds is 2. The van der Waals surface area contributed by atoms with Crippen LogP contribution in [-0.4, -0.2) is 41.5 Å². The molecule has 3 saturated heterocycles. The van der Waals surface area contributed by atoms with Gasteiger partial charge in [0.1, 0.15) is 0 Å². The number of furan rings is 1. The topological polar surface area (TPSA) is 58.4 Å². The fraction of sp³-hybridized carbons (Fsp3) is 0.467. The predicted molar refractivity (Wildman–Crippen MR) is 74.4 cm³/mol. The zero-order valence-electron chi connectivity index (χ0n) is 11.2. The van der Waals surface area contributed by atoms with Gasteiger partial charge in [-0.15, -0.1) is 0 Å². The van der Waals surface area contributed by atoms with E-state index in [1.54, 1.807) is 12.5 Å². The molecule has 3 fully saturated rings. The van der Waals surface area contributed by atoms with E-state index in [1.165, 1.54) is 25.9 Å². The summed E-state index contributed by atoms with van der Waals surface area (Å²) in [7, 11) is 0. The number of fused-ring (bicyclic) bond motifs is 4. The molecule has 0 unspecified atom stereocenters. The molecule has 2 bridgehead atoms. The largest absolute Gasteiger partial charge is 0.446 e. The van der Waals surface area contributed by atoms with Gasteiger partial charge >= 0.3 is 0 Å². The number of carbonyl (C=O) groups is 1. The maximum Gasteiger partial charge on any atom is 0.253 e. The second kappa shape index (κ2) is 4.59. The number of nitrogens with zero attached hydrogens (tertiary/aromatic N) is 2. The standard InChI is InChI=1S/C15H17N3O2/c19-14(12-7-11-3-6-20-15(11)16-8-12)17-13-9-18-4-1-10(13)2-5-18/h3,6-8,10,13H,1-2,4-5,9H2,(H,17,19)/t13-/m0/s1. The molecule has 1 N–H and O–H groups in total. The lowest BCUT2D eigenvalue weighted by Crippen LogP contribution is -2.57. The Kier molecular flexibility index (Phi) is 2.73. The molecule has 20 heavy (non-hydrogen) atoms. The molecule has 1 amide bonds. The summed E-state index contributed by atoms with van der Waals surface area (Å²) in [5, 5.41) is 4.04. The van der Waals surface area contributed by atoms with Gasteiger partial charge in [0.05, 0.1) is 11.8 Å². The molecule has 5 heteroatoms. The van der Waals surface area contributed by atoms with Crippen molar-refractivity contribution in [2.24, 2.45) is 5.92 Å². The van der Waals surface area contributed by atoms with Crippen LogP contribution in [0.25, 0.3) is 11.1 Å². The van der Waals surface area contributed by atoms with E-state index in [4.69, 9.17) is 4.42 Å². The summed E-state index contributed by atoms with van der Waals surface area (Å²) in [6, 6.07) is 3.95. The summed E-state index contributed by atoms with van der Waals surface area (Å²) in [5.74, 6) is 0.605. The number of carbonyl (C=O) groups excluding carboxylic acids is 1. The molecule has 104 valence electrons. The molecule has 5 heterocycles. The van der Waals surface area contributed by atoms with E-state index >= 15 is 0 Å². The number of aromatic nitrogens is 1. The van der Waals surface area contributed by atoms with Crippen LogP contribution in [0.3, 0.4) is 0 Å². The van der Waals surface area contributed by atoms with Gasteiger partial charge in [0.15, 0.2) is 0 Å². The van der Waals surface area contributed by atoms with Gasteiger partial charge in [-0.25, -0.2) is 4.98 Å². The van der Waals surface area contributed by atoms with Crippen molar-refractivity contribution in [1.29, 1.82) is 0 Å². The molecule has 1 atom stereocenters. The van der Waals surface area contributed by atoms with Crippen LogP contribution in [0.4, 0.5) is 0 Å². The minimum atomic E-state index is -0.0284. The van der Waals surface area contributed by atoms with Crippen LogP contribution in [0.15, 0.2) is 29.0 Å². The van der Waals surface area contributed by atoms with Crippen LogP contribution in [0.2, 0.25) is 0 Å². The van der Waals surface area contributed by atoms with Crippen molar-refractivity contribution >= 4 is 17.0 Å². The third-order valence-corrected chi connectivity index (χ3v) is 4.54. The van der Waals surface area contributed by atoms with Crippen LogP contribution in [0.1, 0.15) is 23.2 Å². The Morgan fingerprint density at radius 3 is 3.00 bits per heavy atom. The van der Waals surface area contributed by atoms with E-state index in [2.05, 4.69) is 15.2 Å². The highest BCUT2D eigenvalue weighted by molar-refractivity contribution is 5.96. The van der Waals surface area contributed by atoms with Gasteiger partial charge in [0.25, 0.3) is 5.91 Å². The van der Waals surface area contributed by atoms with Crippen LogP contribution < -0.4 is 5.32 Å². The van der Waals surface area contributed by atoms with Gasteiger partial charge < -0.3 is 14.6 Å². The van der Waals surface area contributed by atoms with Crippen LogP contribution >= 0.6 is 0 Å². The molecule has 0 spiro atoms. The Labute approximate surface area is 117 Å². The molecule has 3 aliphatic rings. The predicted octanol–water partition coefficient (Wildman–Crippen LogP) is 1.65. The van der Waals surface area contributed by atoms with Crippen LogP contribution in [0, 0.1) is 5.92 Å². The highest BCUT2D eigenvalue weighted by Crippen LogP contribution is 2.27. The van der Waals surface area contributed by atoms with E-state index < -0.39 is 0 Å². The minimum Gasteiger partial charge on any atom is -0.446 e. The summed E-state index contributed by atoms with van der Waals surface area (Å²) >= 11 is 0. The van der Waals surface area contributed by atoms with Gasteiger partial charge in [0, 0.05) is 24.2 Å². The number of hydrogen-bond donors (Lipinski definition) is 1. The Morgan fingerprint density at radius 1 is 1.40 bits per heavy atom. The average molecular weight is 271 g/mol. The maximum absolute atomic E-state index is 12.4. The first-order valence-corrected chi connectivity index (χ1v) is 7.16. The van der Waals surface area contributed by atoms with E-state index in [9.17, 15) is 4.79 Å². The summed E-state index contributed by atoms with van der Waals surface area (Å²) < 4.78 is 5.19. The second-order valence-corrected chi connectivity index (χ2v) is 5.76. The monoisotopic (exact) mass is 271 g/mol. The third kappa shape index (κ3) is 1.98. The maximum atomic E-state index is 12.4. The van der Waals surface area contributed by atoms with Crippen molar-refractivity contribution in [3.05, 3.63) is 30.2 Å². The number of piperidine rings is 3. The van der Waals surface area contributed by atoms with Crippen molar-refractivity contribution in [2.75, 3.05) is 19.6 Å². The van der Waals surface area contributed by atoms with Crippen molar-refractivity contribution < 1.29 is 9.21 Å². The zero-order valence-corrected chi connectivity index (χ0v) is 11.2. The third-order valence-electron chi connectivity index (χ3n) is 4.54. The number of amides is 1. The minimum absolute atomic E-state index is 0.0284. The van der Waals surface area contributed by atoms with E-state index in [0.717, 1.165) is 11.9 Å². The van der Waals surface area contributed by atoms with Gasteiger partial charge in [-0.2, -0.15) is 0 Å². The van der Waals surface area contributed by atoms with Crippen molar-refractivity contribution in [3.8, 4) is 0 Å². The molecular formula is C15H17N3O2. The summed E-state index contributed by atoms with van der Waals surface area (Å²) in [4.78, 5) is 19.0. The van der Waals surface area contributed by atoms with Crippen molar-refractivity contribution in [3.63, 3.8) is 0 Å². The van der Waals surface area contributed by atoms with Gasteiger partial charge in [-0.05, 0) is 44.0 Å². The molecule has 5 nitrogen and oxygen atoms in total. The van der Waals surface area contributed by atoms with Gasteiger partial charge in [0.2, 0.25) is 5.71 Å². The summed E-state index contributed by atoms with van der Waals surface area (Å²) in [5.41, 5.74) is 1.18. The fourth-order valence-corrected chi connectivity index (χ4v) is 3.36. The van der Waals surface area contributed by atoms with Crippen molar-refractivity contribution in [2.45, 2.75) is 18.9 Å². The highest BCUT2D eigenvalue weighted by Gasteiger charge is 2.34. The number of pyridine rings is 1. The average Bonchev–Trinajstić information content (AvgIpc) is 2.96. The van der Waals surface area contributed by atoms with Crippen LogP contribution in [0.5, 0.6) is 0 Å². The molecule has 0 radical (unpaired) electrons. The Hall–Kier alpha value is -1.88. The van der Waals surface area contributed by atoms with E-state index in [0.29, 0.717) is 17.2 Å². The molecule has 2 aromatic rings. The smallest absolute Gasteiger partial charge is 0.253 e. The van der Waals surface area contributed by atoms with E-state index in [-0.39, 0.29) is 11.9 Å². The quantitative estimate of drug-likeness (QED) is 0.902. The summed E-state index contributed by atoms with van der Waals surface area (Å²) in [6.45, 7) is 3.34. The highest BCUT2D eigenvalue weighted by atomic mass is 16.3. The molecule has 0 aliphatic carbocycles. The van der Waals surface area contributed by atoms with E-state index in [1.807, 2.05) is 12.1 Å². The second-order valence-electron chi connectivity index (χ2n) is 5.76. The SMILES string of the molecule is O=C(N[C@H]1CN2CCC1CC2)c1cnc2occc2c1. The van der Waals surface area contributed by atoms with Crippen molar-refractivity contribution in [1.82, 2.24) is 15.2 Å². The number of nitrogens with one attached hydrogen (secondary N) is 1. The normalized spacial score (nSPS) is 28.7. The molecule has 5 rings (SSSR count). The number of hydrogen-bond acceptors (Lipinski definition) is 4. The zero-order chi connectivity index (χ0) is 13.5. The molecule has 0 saturated carbocycles. The first-order valence-electron chi connectivity index (χ1n) is 7.16. The van der Waals surface area contributed by atoms with Crippen LogP contribution in [-0.2, 0) is 0 Å². The Morgan fingerprint density at radius 2 is 2.25 bits per heavy atom. The first kappa shape index (κ1) is 11.9. The Balaban J connectivity index is 1.52. The van der Waals surface area contributed by atoms with Gasteiger partial charge in [-0.3, -0.25) is 4.79 Å². The lowest BCUT2D eigenvalue weighted by molar-refractivity contribution is 0.0620. The van der Waals surface area contributed by atoms with Gasteiger partial charge in [-0.1, -0.05) is 0 Å². The fourth-order valence-electron chi connectivity index (χ4n) is 3.36.